The summed E-state index contributed by atoms with van der Waals surface area (Å²) in [4.78, 5) is 12.1. The van der Waals surface area contributed by atoms with E-state index in [1.54, 1.807) is 0 Å². The van der Waals surface area contributed by atoms with E-state index < -0.39 is 28.4 Å². The zero-order chi connectivity index (χ0) is 14.3. The number of hydrogen-bond donors (Lipinski definition) is 2. The van der Waals surface area contributed by atoms with Crippen molar-refractivity contribution in [3.63, 3.8) is 0 Å². The third-order valence-electron chi connectivity index (χ3n) is 4.34. The summed E-state index contributed by atoms with van der Waals surface area (Å²) in [6.45, 7) is 1.90. The van der Waals surface area contributed by atoms with E-state index in [4.69, 9.17) is 0 Å². The second-order valence-corrected chi connectivity index (χ2v) is 5.40. The molecule has 0 unspecified atom stereocenters. The molecular weight excluding hydrogens is 244 g/mol. The van der Waals surface area contributed by atoms with Gasteiger partial charge in [-0.3, -0.25) is 4.79 Å². The molecule has 19 heavy (non-hydrogen) atoms. The average molecular weight is 258 g/mol. The maximum atomic E-state index is 12.1. The standard InChI is InChI=1S/C13H14N4O2/c1-2-3-9-4-13(19)5-11(6-14,10(18)17-13)12(9,7-15)8-16/h9,19H,2-5H2,1H3,(H,17,18)/t9-,11-,13+/m1/s1. The molecule has 0 aromatic carbocycles. The first-order valence-electron chi connectivity index (χ1n) is 6.22. The van der Waals surface area contributed by atoms with E-state index in [0.29, 0.717) is 12.8 Å². The van der Waals surface area contributed by atoms with Crippen molar-refractivity contribution in [1.82, 2.24) is 5.32 Å². The van der Waals surface area contributed by atoms with Crippen LogP contribution in [0, 0.1) is 50.7 Å². The molecule has 6 nitrogen and oxygen atoms in total. The molecule has 0 spiro atoms. The maximum absolute atomic E-state index is 12.1. The molecule has 1 aliphatic carbocycles. The van der Waals surface area contributed by atoms with Crippen molar-refractivity contribution in [1.29, 1.82) is 15.8 Å². The van der Waals surface area contributed by atoms with Crippen LogP contribution in [-0.2, 0) is 4.79 Å². The van der Waals surface area contributed by atoms with Gasteiger partial charge in [-0.2, -0.15) is 15.8 Å². The quantitative estimate of drug-likeness (QED) is 0.749. The lowest BCUT2D eigenvalue weighted by molar-refractivity contribution is -0.128. The normalized spacial score (nSPS) is 38.7. The minimum absolute atomic E-state index is 0.136. The number of nitriles is 3. The Kier molecular flexibility index (Phi) is 2.77. The van der Waals surface area contributed by atoms with Crippen LogP contribution in [-0.4, -0.2) is 16.7 Å². The van der Waals surface area contributed by atoms with Crippen LogP contribution in [0.5, 0.6) is 0 Å². The fourth-order valence-electron chi connectivity index (χ4n) is 3.48. The van der Waals surface area contributed by atoms with Gasteiger partial charge in [-0.1, -0.05) is 13.3 Å². The molecule has 0 aromatic rings. The van der Waals surface area contributed by atoms with Gasteiger partial charge in [0.15, 0.2) is 10.8 Å². The lowest BCUT2D eigenvalue weighted by atomic mass is 9.52. The fraction of sp³-hybridized carbons (Fsp3) is 0.692. The largest absolute Gasteiger partial charge is 0.371 e. The highest BCUT2D eigenvalue weighted by Gasteiger charge is 2.73. The van der Waals surface area contributed by atoms with Gasteiger partial charge in [-0.15, -0.1) is 0 Å². The Balaban J connectivity index is 2.66. The predicted molar refractivity (Wildman–Crippen MR) is 62.4 cm³/mol. The molecule has 3 atom stereocenters. The third-order valence-corrected chi connectivity index (χ3v) is 4.34. The maximum Gasteiger partial charge on any atom is 0.245 e. The number of aliphatic hydroxyl groups is 1. The molecule has 2 N–H and O–H groups in total. The highest BCUT2D eigenvalue weighted by atomic mass is 16.3. The van der Waals surface area contributed by atoms with E-state index in [1.807, 2.05) is 25.1 Å². The van der Waals surface area contributed by atoms with Gasteiger partial charge < -0.3 is 10.4 Å². The Morgan fingerprint density at radius 3 is 2.47 bits per heavy atom. The molecule has 1 saturated carbocycles. The van der Waals surface area contributed by atoms with Crippen LogP contribution >= 0.6 is 0 Å². The van der Waals surface area contributed by atoms with Crippen LogP contribution in [0.15, 0.2) is 0 Å². The number of fused-ring (bicyclic) bond motifs is 2. The Morgan fingerprint density at radius 2 is 2.00 bits per heavy atom. The number of carbonyl (C=O) groups is 1. The van der Waals surface area contributed by atoms with Gasteiger partial charge in [0.1, 0.15) is 5.72 Å². The van der Waals surface area contributed by atoms with Crippen LogP contribution in [0.25, 0.3) is 0 Å². The zero-order valence-electron chi connectivity index (χ0n) is 10.6. The van der Waals surface area contributed by atoms with E-state index in [2.05, 4.69) is 5.32 Å². The van der Waals surface area contributed by atoms with Crippen molar-refractivity contribution < 1.29 is 9.90 Å². The Bertz CT molecular complexity index is 538. The highest BCUT2D eigenvalue weighted by molar-refractivity contribution is 5.91. The first-order chi connectivity index (χ1) is 8.93. The molecule has 2 aliphatic rings. The van der Waals surface area contributed by atoms with Crippen LogP contribution in [0.4, 0.5) is 0 Å². The number of rotatable bonds is 2. The van der Waals surface area contributed by atoms with Gasteiger partial charge >= 0.3 is 0 Å². The first-order valence-corrected chi connectivity index (χ1v) is 6.22. The van der Waals surface area contributed by atoms with Crippen LogP contribution in [0.1, 0.15) is 32.6 Å². The molecule has 0 aromatic heterocycles. The van der Waals surface area contributed by atoms with Gasteiger partial charge in [-0.25, -0.2) is 0 Å². The summed E-state index contributed by atoms with van der Waals surface area (Å²) in [6, 6.07) is 5.67. The van der Waals surface area contributed by atoms with E-state index in [9.17, 15) is 25.7 Å². The zero-order valence-corrected chi connectivity index (χ0v) is 10.6. The van der Waals surface area contributed by atoms with E-state index in [0.717, 1.165) is 0 Å². The molecule has 0 radical (unpaired) electrons. The minimum Gasteiger partial charge on any atom is -0.371 e. The van der Waals surface area contributed by atoms with E-state index in [1.165, 1.54) is 0 Å². The summed E-state index contributed by atoms with van der Waals surface area (Å²) in [5.74, 6) is -1.20. The summed E-state index contributed by atoms with van der Waals surface area (Å²) in [5.41, 5.74) is -4.93. The molecule has 2 fully saturated rings. The second-order valence-electron chi connectivity index (χ2n) is 5.40. The summed E-state index contributed by atoms with van der Waals surface area (Å²) >= 11 is 0. The third kappa shape index (κ3) is 1.40. The van der Waals surface area contributed by atoms with Crippen LogP contribution < -0.4 is 5.32 Å². The Morgan fingerprint density at radius 1 is 1.37 bits per heavy atom. The second kappa shape index (κ2) is 3.95. The lowest BCUT2D eigenvalue weighted by Crippen LogP contribution is -2.53. The first kappa shape index (κ1) is 13.3. The molecule has 1 heterocycles. The number of carbonyl (C=O) groups excluding carboxylic acids is 1. The van der Waals surface area contributed by atoms with Crippen LogP contribution in [0.3, 0.4) is 0 Å². The Labute approximate surface area is 111 Å². The van der Waals surface area contributed by atoms with Gasteiger partial charge in [0, 0.05) is 12.8 Å². The number of amides is 1. The van der Waals surface area contributed by atoms with Gasteiger partial charge in [0.25, 0.3) is 0 Å². The molecule has 1 amide bonds. The van der Waals surface area contributed by atoms with Crippen molar-refractivity contribution in [2.45, 2.75) is 38.3 Å². The lowest BCUT2D eigenvalue weighted by Gasteiger charge is -2.43. The molecule has 2 rings (SSSR count). The SMILES string of the molecule is CCC[C@@H]1C[C@]2(O)C[C@@](C#N)(C(=O)N2)C1(C#N)C#N. The van der Waals surface area contributed by atoms with Gasteiger partial charge in [-0.05, 0) is 12.3 Å². The van der Waals surface area contributed by atoms with Crippen molar-refractivity contribution in [3.8, 4) is 18.2 Å². The van der Waals surface area contributed by atoms with Gasteiger partial charge in [0.2, 0.25) is 5.91 Å². The summed E-state index contributed by atoms with van der Waals surface area (Å²) in [5, 5.41) is 41.1. The van der Waals surface area contributed by atoms with Crippen LogP contribution in [0.2, 0.25) is 0 Å². The summed E-state index contributed by atoms with van der Waals surface area (Å²) in [7, 11) is 0. The molecule has 98 valence electrons. The van der Waals surface area contributed by atoms with E-state index in [-0.39, 0.29) is 12.8 Å². The number of nitrogens with one attached hydrogen (secondary N) is 1. The summed E-state index contributed by atoms with van der Waals surface area (Å²) < 4.78 is 0. The summed E-state index contributed by atoms with van der Waals surface area (Å²) in [6.07, 6.45) is 1.16. The topological polar surface area (TPSA) is 121 Å². The molecular formula is C13H14N4O2. The van der Waals surface area contributed by atoms with Crippen molar-refractivity contribution in [3.05, 3.63) is 0 Å². The van der Waals surface area contributed by atoms with E-state index >= 15 is 0 Å². The van der Waals surface area contributed by atoms with Crippen molar-refractivity contribution in [2.75, 3.05) is 0 Å². The smallest absolute Gasteiger partial charge is 0.245 e. The minimum atomic E-state index is -1.77. The highest BCUT2D eigenvalue weighted by Crippen LogP contribution is 2.60. The number of hydrogen-bond acceptors (Lipinski definition) is 5. The van der Waals surface area contributed by atoms with Gasteiger partial charge in [0.05, 0.1) is 18.2 Å². The molecule has 2 bridgehead atoms. The van der Waals surface area contributed by atoms with Crippen molar-refractivity contribution in [2.24, 2.45) is 16.7 Å². The number of nitrogens with zero attached hydrogens (tertiary/aromatic N) is 3. The predicted octanol–water partition coefficient (Wildman–Crippen LogP) is 0.558. The molecule has 6 heteroatoms. The Hall–Kier alpha value is -2.10. The molecule has 1 saturated heterocycles. The average Bonchev–Trinajstić information content (AvgIpc) is 2.60. The fourth-order valence-corrected chi connectivity index (χ4v) is 3.48. The molecule has 1 aliphatic heterocycles. The monoisotopic (exact) mass is 258 g/mol. The van der Waals surface area contributed by atoms with Crippen molar-refractivity contribution >= 4 is 5.91 Å².